The number of aromatic nitrogens is 2. The number of benzene rings is 1. The number of aliphatic hydroxyl groups excluding tert-OH is 1. The van der Waals surface area contributed by atoms with E-state index in [2.05, 4.69) is 10.00 Å². The maximum atomic E-state index is 9.65. The summed E-state index contributed by atoms with van der Waals surface area (Å²) >= 11 is 0. The maximum absolute atomic E-state index is 9.65. The minimum Gasteiger partial charge on any atom is -0.491 e. The Balaban J connectivity index is 2.15. The highest BCUT2D eigenvalue weighted by molar-refractivity contribution is 5.70. The maximum Gasteiger partial charge on any atom is 0.142 e. The Labute approximate surface area is 118 Å². The third-order valence-electron chi connectivity index (χ3n) is 3.67. The molecule has 0 unspecified atom stereocenters. The molecule has 1 aromatic carbocycles. The number of hydrogen-bond acceptors (Lipinski definition) is 4. The van der Waals surface area contributed by atoms with Crippen molar-refractivity contribution in [3.63, 3.8) is 0 Å². The first-order valence-electron chi connectivity index (χ1n) is 6.85. The summed E-state index contributed by atoms with van der Waals surface area (Å²) in [5, 5.41) is 14.1. The molecule has 3 rings (SSSR count). The smallest absolute Gasteiger partial charge is 0.142 e. The number of aryl methyl sites for hydroxylation is 2. The molecule has 1 aromatic heterocycles. The second-order valence-corrected chi connectivity index (χ2v) is 4.99. The van der Waals surface area contributed by atoms with Crippen LogP contribution < -0.4 is 9.64 Å². The molecule has 1 aliphatic rings. The van der Waals surface area contributed by atoms with Gasteiger partial charge in [0, 0.05) is 19.2 Å². The zero-order valence-corrected chi connectivity index (χ0v) is 11.8. The molecule has 0 radical (unpaired) electrons. The number of aliphatic hydroxyl groups is 1. The number of nitrogens with zero attached hydrogens (tertiary/aromatic N) is 3. The molecule has 5 nitrogen and oxygen atoms in total. The average Bonchev–Trinajstić information content (AvgIpc) is 2.63. The van der Waals surface area contributed by atoms with Crippen LogP contribution in [0.2, 0.25) is 0 Å². The summed E-state index contributed by atoms with van der Waals surface area (Å²) in [5.41, 5.74) is 2.78. The van der Waals surface area contributed by atoms with E-state index in [1.807, 2.05) is 42.9 Å². The van der Waals surface area contributed by atoms with E-state index in [1.165, 1.54) is 0 Å². The third-order valence-corrected chi connectivity index (χ3v) is 3.67. The highest BCUT2D eigenvalue weighted by Crippen LogP contribution is 2.37. The molecule has 0 saturated heterocycles. The van der Waals surface area contributed by atoms with Crippen molar-refractivity contribution < 1.29 is 9.84 Å². The van der Waals surface area contributed by atoms with Crippen molar-refractivity contribution in [3.8, 4) is 5.75 Å². The molecule has 1 aliphatic heterocycles. The monoisotopic (exact) mass is 273 g/mol. The second kappa shape index (κ2) is 5.17. The van der Waals surface area contributed by atoms with Crippen molar-refractivity contribution in [1.82, 2.24) is 9.78 Å². The van der Waals surface area contributed by atoms with Gasteiger partial charge in [0.1, 0.15) is 11.6 Å². The van der Waals surface area contributed by atoms with E-state index in [4.69, 9.17) is 4.74 Å². The normalized spacial score (nSPS) is 14.7. The van der Waals surface area contributed by atoms with E-state index in [0.717, 1.165) is 41.5 Å². The summed E-state index contributed by atoms with van der Waals surface area (Å²) in [6, 6.07) is 8.01. The summed E-state index contributed by atoms with van der Waals surface area (Å²) in [5.74, 6) is 1.83. The topological polar surface area (TPSA) is 50.5 Å². The van der Waals surface area contributed by atoms with Crippen LogP contribution in [0.15, 0.2) is 24.3 Å². The fraction of sp³-hybridized carbons (Fsp3) is 0.400. The summed E-state index contributed by atoms with van der Waals surface area (Å²) < 4.78 is 7.62. The van der Waals surface area contributed by atoms with Crippen molar-refractivity contribution in [2.45, 2.75) is 20.0 Å². The number of para-hydroxylation sites is 2. The van der Waals surface area contributed by atoms with Gasteiger partial charge in [-0.2, -0.15) is 5.10 Å². The first kappa shape index (κ1) is 13.0. The fourth-order valence-electron chi connectivity index (χ4n) is 2.76. The lowest BCUT2D eigenvalue weighted by molar-refractivity contribution is 0.281. The standard InChI is InChI=1S/C15H19N3O2/c1-11-12(10-19)15(17(2)16-11)18-8-5-9-20-14-7-4-3-6-13(14)18/h3-4,6-7,19H,5,8-10H2,1-2H3. The fourth-order valence-corrected chi connectivity index (χ4v) is 2.76. The minimum atomic E-state index is -0.00543. The van der Waals surface area contributed by atoms with Crippen molar-refractivity contribution >= 4 is 11.5 Å². The molecular formula is C15H19N3O2. The van der Waals surface area contributed by atoms with Gasteiger partial charge >= 0.3 is 0 Å². The molecule has 2 aromatic rings. The molecule has 0 saturated carbocycles. The van der Waals surface area contributed by atoms with Gasteiger partial charge < -0.3 is 14.7 Å². The Hall–Kier alpha value is -2.01. The summed E-state index contributed by atoms with van der Waals surface area (Å²) in [6.45, 7) is 3.48. The SMILES string of the molecule is Cc1nn(C)c(N2CCCOc3ccccc32)c1CO. The van der Waals surface area contributed by atoms with Crippen molar-refractivity contribution in [2.75, 3.05) is 18.1 Å². The number of ether oxygens (including phenoxy) is 1. The zero-order valence-electron chi connectivity index (χ0n) is 11.8. The molecule has 1 N–H and O–H groups in total. The molecule has 0 aliphatic carbocycles. The van der Waals surface area contributed by atoms with Crippen LogP contribution in [0.3, 0.4) is 0 Å². The van der Waals surface area contributed by atoms with Crippen LogP contribution in [-0.2, 0) is 13.7 Å². The highest BCUT2D eigenvalue weighted by Gasteiger charge is 2.24. The second-order valence-electron chi connectivity index (χ2n) is 4.99. The summed E-state index contributed by atoms with van der Waals surface area (Å²) in [6.07, 6.45) is 0.934. The molecule has 0 amide bonds. The molecule has 2 heterocycles. The number of rotatable bonds is 2. The molecule has 0 fully saturated rings. The quantitative estimate of drug-likeness (QED) is 0.911. The molecule has 0 spiro atoms. The van der Waals surface area contributed by atoms with E-state index in [1.54, 1.807) is 0 Å². The van der Waals surface area contributed by atoms with E-state index in [0.29, 0.717) is 6.61 Å². The number of hydrogen-bond donors (Lipinski definition) is 1. The largest absolute Gasteiger partial charge is 0.491 e. The third kappa shape index (κ3) is 2.04. The van der Waals surface area contributed by atoms with Gasteiger partial charge in [-0.1, -0.05) is 12.1 Å². The predicted molar refractivity (Wildman–Crippen MR) is 77.4 cm³/mol. The summed E-state index contributed by atoms with van der Waals surface area (Å²) in [4.78, 5) is 2.19. The Morgan fingerprint density at radius 1 is 1.35 bits per heavy atom. The van der Waals surface area contributed by atoms with Gasteiger partial charge in [-0.3, -0.25) is 4.68 Å². The van der Waals surface area contributed by atoms with E-state index in [9.17, 15) is 5.11 Å². The Morgan fingerprint density at radius 3 is 2.95 bits per heavy atom. The molecule has 106 valence electrons. The lowest BCUT2D eigenvalue weighted by Gasteiger charge is -2.24. The van der Waals surface area contributed by atoms with Crippen molar-refractivity contribution in [1.29, 1.82) is 0 Å². The Morgan fingerprint density at radius 2 is 2.15 bits per heavy atom. The number of fused-ring (bicyclic) bond motifs is 1. The van der Waals surface area contributed by atoms with Gasteiger partial charge in [0.05, 0.1) is 24.6 Å². The minimum absolute atomic E-state index is 0.00543. The van der Waals surface area contributed by atoms with Gasteiger partial charge in [0.2, 0.25) is 0 Å². The first-order chi connectivity index (χ1) is 9.72. The number of anilines is 2. The predicted octanol–water partition coefficient (Wildman–Crippen LogP) is 2.14. The van der Waals surface area contributed by atoms with Crippen LogP contribution in [0.25, 0.3) is 0 Å². The van der Waals surface area contributed by atoms with Crippen LogP contribution in [0.5, 0.6) is 5.75 Å². The van der Waals surface area contributed by atoms with Crippen LogP contribution in [0.4, 0.5) is 11.5 Å². The molecule has 0 bridgehead atoms. The molecule has 5 heteroatoms. The van der Waals surface area contributed by atoms with E-state index < -0.39 is 0 Å². The first-order valence-corrected chi connectivity index (χ1v) is 6.85. The zero-order chi connectivity index (χ0) is 14.1. The van der Waals surface area contributed by atoms with Gasteiger partial charge in [-0.25, -0.2) is 0 Å². The Kier molecular flexibility index (Phi) is 3.36. The lowest BCUT2D eigenvalue weighted by Crippen LogP contribution is -2.21. The molecular weight excluding hydrogens is 254 g/mol. The molecule has 0 atom stereocenters. The van der Waals surface area contributed by atoms with E-state index in [-0.39, 0.29) is 6.61 Å². The van der Waals surface area contributed by atoms with Gasteiger partial charge in [0.15, 0.2) is 0 Å². The lowest BCUT2D eigenvalue weighted by atomic mass is 10.2. The van der Waals surface area contributed by atoms with Crippen molar-refractivity contribution in [2.24, 2.45) is 7.05 Å². The van der Waals surface area contributed by atoms with Gasteiger partial charge in [-0.05, 0) is 25.5 Å². The van der Waals surface area contributed by atoms with Crippen LogP contribution >= 0.6 is 0 Å². The van der Waals surface area contributed by atoms with Crippen LogP contribution in [-0.4, -0.2) is 28.0 Å². The summed E-state index contributed by atoms with van der Waals surface area (Å²) in [7, 11) is 1.91. The van der Waals surface area contributed by atoms with Crippen LogP contribution in [0, 0.1) is 6.92 Å². The average molecular weight is 273 g/mol. The van der Waals surface area contributed by atoms with Gasteiger partial charge in [0.25, 0.3) is 0 Å². The van der Waals surface area contributed by atoms with Crippen LogP contribution in [0.1, 0.15) is 17.7 Å². The van der Waals surface area contributed by atoms with E-state index >= 15 is 0 Å². The molecule has 20 heavy (non-hydrogen) atoms. The highest BCUT2D eigenvalue weighted by atomic mass is 16.5. The van der Waals surface area contributed by atoms with Gasteiger partial charge in [-0.15, -0.1) is 0 Å². The van der Waals surface area contributed by atoms with Crippen molar-refractivity contribution in [3.05, 3.63) is 35.5 Å². The Bertz CT molecular complexity index is 622.